The zero-order valence-corrected chi connectivity index (χ0v) is 14.7. The predicted molar refractivity (Wildman–Crippen MR) is 83.8 cm³/mol. The van der Waals surface area contributed by atoms with Crippen LogP contribution in [0.15, 0.2) is 23.1 Å². The molecule has 0 bridgehead atoms. The lowest BCUT2D eigenvalue weighted by atomic mass is 10.2. The Balaban J connectivity index is 2.88. The molecule has 0 atom stereocenters. The van der Waals surface area contributed by atoms with Crippen molar-refractivity contribution in [2.45, 2.75) is 31.3 Å². The van der Waals surface area contributed by atoms with Gasteiger partial charge in [-0.2, -0.15) is 0 Å². The van der Waals surface area contributed by atoms with Crippen LogP contribution >= 0.6 is 11.6 Å². The standard InChI is InChI=1S/C14H18ClNO6S/c1-14(2,3)22-12(17)8-21-13(18)10-7-9(5-6-11(10)15)23(19,20)16-4/h5-7,16H,8H2,1-4H3. The fourth-order valence-electron chi connectivity index (χ4n) is 1.52. The van der Waals surface area contributed by atoms with Crippen LogP contribution in [0, 0.1) is 0 Å². The number of carbonyl (C=O) groups is 2. The maximum absolute atomic E-state index is 12.0. The average Bonchev–Trinajstić information content (AvgIpc) is 2.43. The molecule has 9 heteroatoms. The van der Waals surface area contributed by atoms with E-state index in [2.05, 4.69) is 4.72 Å². The summed E-state index contributed by atoms with van der Waals surface area (Å²) < 4.78 is 35.4. The summed E-state index contributed by atoms with van der Waals surface area (Å²) >= 11 is 5.87. The van der Waals surface area contributed by atoms with E-state index in [1.807, 2.05) is 0 Å². The van der Waals surface area contributed by atoms with E-state index in [0.717, 1.165) is 6.07 Å². The van der Waals surface area contributed by atoms with E-state index in [1.165, 1.54) is 19.2 Å². The van der Waals surface area contributed by atoms with E-state index in [1.54, 1.807) is 20.8 Å². The maximum atomic E-state index is 12.0. The van der Waals surface area contributed by atoms with Gasteiger partial charge in [0.25, 0.3) is 0 Å². The summed E-state index contributed by atoms with van der Waals surface area (Å²) in [6.45, 7) is 4.43. The van der Waals surface area contributed by atoms with Crippen LogP contribution in [-0.2, 0) is 24.3 Å². The molecule has 0 saturated carbocycles. The van der Waals surface area contributed by atoms with Crippen molar-refractivity contribution < 1.29 is 27.5 Å². The molecule has 7 nitrogen and oxygen atoms in total. The highest BCUT2D eigenvalue weighted by Gasteiger charge is 2.21. The largest absolute Gasteiger partial charge is 0.457 e. The minimum atomic E-state index is -3.73. The van der Waals surface area contributed by atoms with Gasteiger partial charge in [0, 0.05) is 0 Å². The van der Waals surface area contributed by atoms with Gasteiger partial charge >= 0.3 is 11.9 Å². The van der Waals surface area contributed by atoms with Crippen LogP contribution in [0.3, 0.4) is 0 Å². The van der Waals surface area contributed by atoms with Crippen LogP contribution in [-0.4, -0.2) is 39.6 Å². The second kappa shape index (κ2) is 7.29. The van der Waals surface area contributed by atoms with Crippen LogP contribution < -0.4 is 4.72 Å². The molecule has 128 valence electrons. The molecule has 0 spiro atoms. The van der Waals surface area contributed by atoms with Gasteiger partial charge < -0.3 is 9.47 Å². The molecule has 1 N–H and O–H groups in total. The molecule has 1 aromatic carbocycles. The maximum Gasteiger partial charge on any atom is 0.344 e. The second-order valence-electron chi connectivity index (χ2n) is 5.51. The normalized spacial score (nSPS) is 11.9. The van der Waals surface area contributed by atoms with Crippen molar-refractivity contribution in [1.82, 2.24) is 4.72 Å². The number of nitrogens with one attached hydrogen (secondary N) is 1. The first-order chi connectivity index (χ1) is 10.5. The first-order valence-electron chi connectivity index (χ1n) is 6.58. The molecule has 0 saturated heterocycles. The van der Waals surface area contributed by atoms with E-state index in [-0.39, 0.29) is 15.5 Å². The molecule has 0 aromatic heterocycles. The topological polar surface area (TPSA) is 98.8 Å². The van der Waals surface area contributed by atoms with Gasteiger partial charge in [-0.05, 0) is 46.0 Å². The van der Waals surface area contributed by atoms with Gasteiger partial charge in [0.05, 0.1) is 15.5 Å². The van der Waals surface area contributed by atoms with E-state index >= 15 is 0 Å². The van der Waals surface area contributed by atoms with Gasteiger partial charge in [-0.3, -0.25) is 0 Å². The van der Waals surface area contributed by atoms with Crippen molar-refractivity contribution in [3.05, 3.63) is 28.8 Å². The lowest BCUT2D eigenvalue weighted by Crippen LogP contribution is -2.27. The summed E-state index contributed by atoms with van der Waals surface area (Å²) in [5.41, 5.74) is -0.867. The van der Waals surface area contributed by atoms with Crippen LogP contribution in [0.1, 0.15) is 31.1 Å². The highest BCUT2D eigenvalue weighted by atomic mass is 35.5. The van der Waals surface area contributed by atoms with Gasteiger partial charge in [-0.25, -0.2) is 22.7 Å². The number of esters is 2. The number of halogens is 1. The van der Waals surface area contributed by atoms with Crippen LogP contribution in [0.5, 0.6) is 0 Å². The third-order valence-corrected chi connectivity index (χ3v) is 4.22. The van der Waals surface area contributed by atoms with Crippen molar-refractivity contribution in [3.63, 3.8) is 0 Å². The smallest absolute Gasteiger partial charge is 0.344 e. The Morgan fingerprint density at radius 3 is 2.39 bits per heavy atom. The zero-order chi connectivity index (χ0) is 17.8. The summed E-state index contributed by atoms with van der Waals surface area (Å²) in [6, 6.07) is 3.58. The third-order valence-electron chi connectivity index (χ3n) is 2.48. The molecule has 0 aliphatic heterocycles. The van der Waals surface area contributed by atoms with Crippen molar-refractivity contribution in [1.29, 1.82) is 0 Å². The number of rotatable bonds is 5. The molecule has 0 radical (unpaired) electrons. The summed E-state index contributed by atoms with van der Waals surface area (Å²) in [4.78, 5) is 23.3. The molecule has 1 rings (SSSR count). The minimum absolute atomic E-state index is 0.00856. The number of sulfonamides is 1. The van der Waals surface area contributed by atoms with Crippen LogP contribution in [0.4, 0.5) is 0 Å². The fourth-order valence-corrected chi connectivity index (χ4v) is 2.47. The summed E-state index contributed by atoms with van der Waals surface area (Å²) in [6.07, 6.45) is 0. The Morgan fingerprint density at radius 2 is 1.87 bits per heavy atom. The number of carbonyl (C=O) groups excluding carboxylic acids is 2. The summed E-state index contributed by atoms with van der Waals surface area (Å²) in [5.74, 6) is -1.64. The number of benzene rings is 1. The number of hydrogen-bond acceptors (Lipinski definition) is 6. The molecular weight excluding hydrogens is 346 g/mol. The quantitative estimate of drug-likeness (QED) is 0.800. The molecule has 0 aliphatic carbocycles. The Bertz CT molecular complexity index is 708. The molecule has 0 amide bonds. The predicted octanol–water partition coefficient (Wildman–Crippen LogP) is 1.75. The number of hydrogen-bond donors (Lipinski definition) is 1. The van der Waals surface area contributed by atoms with E-state index in [0.29, 0.717) is 0 Å². The third kappa shape index (κ3) is 5.81. The lowest BCUT2D eigenvalue weighted by Gasteiger charge is -2.19. The zero-order valence-electron chi connectivity index (χ0n) is 13.2. The van der Waals surface area contributed by atoms with Gasteiger partial charge in [-0.1, -0.05) is 11.6 Å². The second-order valence-corrected chi connectivity index (χ2v) is 7.81. The Morgan fingerprint density at radius 1 is 1.26 bits per heavy atom. The molecular formula is C14H18ClNO6S. The van der Waals surface area contributed by atoms with Crippen molar-refractivity contribution in [2.75, 3.05) is 13.7 Å². The molecule has 1 aromatic rings. The lowest BCUT2D eigenvalue weighted by molar-refractivity contribution is -0.158. The average molecular weight is 364 g/mol. The minimum Gasteiger partial charge on any atom is -0.457 e. The summed E-state index contributed by atoms with van der Waals surface area (Å²) in [5, 5.41) is 0.00856. The van der Waals surface area contributed by atoms with Gasteiger partial charge in [0.2, 0.25) is 10.0 Å². The van der Waals surface area contributed by atoms with Gasteiger partial charge in [-0.15, -0.1) is 0 Å². The van der Waals surface area contributed by atoms with E-state index in [9.17, 15) is 18.0 Å². The molecule has 23 heavy (non-hydrogen) atoms. The fraction of sp³-hybridized carbons (Fsp3) is 0.429. The van der Waals surface area contributed by atoms with Crippen molar-refractivity contribution in [3.8, 4) is 0 Å². The Labute approximate surface area is 140 Å². The van der Waals surface area contributed by atoms with Crippen LogP contribution in [0.25, 0.3) is 0 Å². The van der Waals surface area contributed by atoms with Crippen LogP contribution in [0.2, 0.25) is 5.02 Å². The van der Waals surface area contributed by atoms with Crippen molar-refractivity contribution in [2.24, 2.45) is 0 Å². The Kier molecular flexibility index (Phi) is 6.15. The van der Waals surface area contributed by atoms with Gasteiger partial charge in [0.1, 0.15) is 5.60 Å². The Hall–Kier alpha value is -1.64. The number of ether oxygens (including phenoxy) is 2. The molecule has 0 aliphatic rings. The van der Waals surface area contributed by atoms with Crippen molar-refractivity contribution >= 4 is 33.6 Å². The van der Waals surface area contributed by atoms with E-state index in [4.69, 9.17) is 21.1 Å². The first kappa shape index (κ1) is 19.4. The first-order valence-corrected chi connectivity index (χ1v) is 8.44. The molecule has 0 unspecified atom stereocenters. The highest BCUT2D eigenvalue weighted by molar-refractivity contribution is 7.89. The molecule has 0 fully saturated rings. The summed E-state index contributed by atoms with van der Waals surface area (Å²) in [7, 11) is -2.49. The SMILES string of the molecule is CNS(=O)(=O)c1ccc(Cl)c(C(=O)OCC(=O)OC(C)(C)C)c1. The highest BCUT2D eigenvalue weighted by Crippen LogP contribution is 2.21. The monoisotopic (exact) mass is 363 g/mol. The van der Waals surface area contributed by atoms with Gasteiger partial charge in [0.15, 0.2) is 6.61 Å². The van der Waals surface area contributed by atoms with E-state index < -0.39 is 34.2 Å². The molecule has 0 heterocycles.